The Morgan fingerprint density at radius 2 is 0.200 bits per heavy atom. The summed E-state index contributed by atoms with van der Waals surface area (Å²) in [6.45, 7) is 0. The van der Waals surface area contributed by atoms with Crippen molar-refractivity contribution in [2.45, 2.75) is 0 Å². The van der Waals surface area contributed by atoms with Crippen molar-refractivity contribution in [1.29, 1.82) is 0 Å². The van der Waals surface area contributed by atoms with E-state index >= 15 is 0 Å². The normalized spacial score (nSPS) is 7.70. The van der Waals surface area contributed by atoms with E-state index in [1.54, 1.807) is 107 Å². The fourth-order valence-corrected chi connectivity index (χ4v) is 99.2. The van der Waals surface area contributed by atoms with E-state index in [9.17, 15) is 0 Å². The topological polar surface area (TPSA) is 0 Å². The van der Waals surface area contributed by atoms with Gasteiger partial charge in [0.05, 0.1) is 0 Å². The Kier molecular flexibility index (Phi) is 58.3. The average molecular weight is 1280 g/mol. The molecule has 0 bridgehead atoms. The van der Waals surface area contributed by atoms with Crippen molar-refractivity contribution in [2.24, 2.45) is 0 Å². The molecule has 0 heterocycles. The summed E-state index contributed by atoms with van der Waals surface area (Å²) < 4.78 is 0. The Morgan fingerprint density at radius 3 is 0.275 bits per heavy atom. The molecule has 0 aromatic heterocycles. The first-order valence-electron chi connectivity index (χ1n) is 6.50. The van der Waals surface area contributed by atoms with Crippen LogP contribution in [0.5, 0.6) is 0 Å². The van der Waals surface area contributed by atoms with Crippen molar-refractivity contribution in [3.8, 4) is 0 Å². The van der Waals surface area contributed by atoms with Gasteiger partial charge in [0.1, 0.15) is 0 Å². The molecule has 0 spiro atoms. The SMILES string of the molecule is S=S=S=S=S=S=S=S=S=S=S=S=S=S=S=S=S=S=S=S=S=S=S=S=S=S=S=S=S=S=S=S=S=S=S=S=S=S=S=S. The van der Waals surface area contributed by atoms with Crippen LogP contribution in [0.1, 0.15) is 0 Å². The third-order valence-corrected chi connectivity index (χ3v) is 83.2. The van der Waals surface area contributed by atoms with Crippen molar-refractivity contribution >= 4 is 360 Å². The first-order chi connectivity index (χ1) is 19.9. The highest BCUT2D eigenvalue weighted by molar-refractivity contribution is 8.81. The molecule has 0 nitrogen and oxygen atoms in total. The summed E-state index contributed by atoms with van der Waals surface area (Å²) >= 11 is 9.61. The van der Waals surface area contributed by atoms with Crippen LogP contribution in [0.4, 0.5) is 0 Å². The van der Waals surface area contributed by atoms with Crippen LogP contribution >= 0.6 is 0 Å². The van der Waals surface area contributed by atoms with Crippen LogP contribution in [-0.2, 0) is 360 Å². The maximum Gasteiger partial charge on any atom is 0 e. The van der Waals surface area contributed by atoms with Crippen molar-refractivity contribution in [2.75, 3.05) is 0 Å². The van der Waals surface area contributed by atoms with Crippen LogP contribution < -0.4 is 0 Å². The van der Waals surface area contributed by atoms with Gasteiger partial charge in [0.15, 0.2) is 0 Å². The first kappa shape index (κ1) is 48.8. The fraction of sp³-hybridized carbons (Fsp3) is 0. The van der Waals surface area contributed by atoms with Crippen LogP contribution in [-0.4, -0.2) is 0 Å². The highest BCUT2D eigenvalue weighted by atomic mass is 33.5. The van der Waals surface area contributed by atoms with E-state index in [0.29, 0.717) is 0 Å². The van der Waals surface area contributed by atoms with Crippen LogP contribution in [0.15, 0.2) is 0 Å². The lowest BCUT2D eigenvalue weighted by molar-refractivity contribution is 5.96. The van der Waals surface area contributed by atoms with Gasteiger partial charge < -0.3 is 0 Å². The zero-order valence-electron chi connectivity index (χ0n) is 16.3. The van der Waals surface area contributed by atoms with E-state index < -0.39 is 0 Å². The summed E-state index contributed by atoms with van der Waals surface area (Å²) in [7, 11) is 67.4. The molecule has 0 radical (unpaired) electrons. The lowest BCUT2D eigenvalue weighted by Gasteiger charge is -1.41. The van der Waals surface area contributed by atoms with Gasteiger partial charge in [-0.1, -0.05) is 0 Å². The predicted molar refractivity (Wildman–Crippen MR) is 295 cm³/mol. The van der Waals surface area contributed by atoms with E-state index in [2.05, 4.69) is 0 Å². The van der Waals surface area contributed by atoms with Gasteiger partial charge in [0.25, 0.3) is 0 Å². The smallest absolute Gasteiger partial charge is 0 e. The molecule has 0 saturated carbocycles. The van der Waals surface area contributed by atoms with Gasteiger partial charge in [0.2, 0.25) is 0 Å². The summed E-state index contributed by atoms with van der Waals surface area (Å²) in [5, 5.41) is 0. The molecule has 0 fully saturated rings. The Labute approximate surface area is 349 Å². The van der Waals surface area contributed by atoms with Crippen molar-refractivity contribution in [3.05, 3.63) is 0 Å². The van der Waals surface area contributed by atoms with Gasteiger partial charge in [-0.05, 0) is 0 Å². The Hall–Kier alpha value is 8.80. The van der Waals surface area contributed by atoms with Gasteiger partial charge in [-0.25, -0.2) is 0 Å². The minimum atomic E-state index is 1.37. The van der Waals surface area contributed by atoms with Gasteiger partial charge in [-0.15, -0.1) is 0 Å². The zero-order valence-corrected chi connectivity index (χ0v) is 49.0. The molecule has 0 amide bonds. The molecular weight excluding hydrogens is 1280 g/mol. The van der Waals surface area contributed by atoms with E-state index in [1.165, 1.54) is 17.8 Å². The molecule has 0 aromatic carbocycles. The molecular formula is S40. The quantitative estimate of drug-likeness (QED) is 0.333. The van der Waals surface area contributed by atoms with Crippen LogP contribution in [0.2, 0.25) is 0 Å². The zero-order chi connectivity index (χ0) is 28.9. The molecule has 0 aliphatic rings. The van der Waals surface area contributed by atoms with Gasteiger partial charge in [-0.3, -0.25) is 0 Å². The summed E-state index contributed by atoms with van der Waals surface area (Å²) in [5.41, 5.74) is 0. The standard InChI is InChI=1S/S40/c1-3-5-7-9-11-13-15-17-19-21-23-25-27-29-31-33-35-37-39-40-38-36-34-32-30-28-26-24-22-20-18-16-14-12-10-8-6-4-2. The molecule has 0 N–H and O–H groups in total. The monoisotopic (exact) mass is 1280 g/mol. The van der Waals surface area contributed by atoms with Gasteiger partial charge in [-0.2, -0.15) is 0 Å². The average Bonchev–Trinajstić information content (AvgIpc) is 2.97. The van der Waals surface area contributed by atoms with E-state index in [-0.39, 0.29) is 0 Å². The van der Waals surface area contributed by atoms with E-state index in [4.69, 9.17) is 22.4 Å². The third-order valence-electron chi connectivity index (χ3n) is 1.03. The first-order valence-corrected chi connectivity index (χ1v) is 58.5. The lowest BCUT2D eigenvalue weighted by Crippen LogP contribution is -1.41. The van der Waals surface area contributed by atoms with Crippen molar-refractivity contribution in [1.82, 2.24) is 0 Å². The maximum absolute atomic E-state index is 4.80. The number of hydrogen-bond acceptors (Lipinski definition) is 2. The molecule has 0 rings (SSSR count). The molecule has 40 heteroatoms. The fourth-order valence-electron chi connectivity index (χ4n) is 0.408. The molecule has 0 aliphatic carbocycles. The summed E-state index contributed by atoms with van der Waals surface area (Å²) in [4.78, 5) is 0. The molecule has 40 heavy (non-hydrogen) atoms. The van der Waals surface area contributed by atoms with Gasteiger partial charge >= 0.3 is 0 Å². The van der Waals surface area contributed by atoms with Crippen LogP contribution in [0, 0.1) is 0 Å². The molecule has 0 aromatic rings. The van der Waals surface area contributed by atoms with Crippen molar-refractivity contribution in [3.63, 3.8) is 0 Å². The van der Waals surface area contributed by atoms with E-state index in [0.717, 1.165) is 0 Å². The molecule has 0 aliphatic heterocycles. The minimum absolute atomic E-state index is 1.37. The molecule has 0 unspecified atom stereocenters. The second-order valence-corrected chi connectivity index (χ2v) is 69.8. The predicted octanol–water partition coefficient (Wildman–Crippen LogP) is -0.0960. The van der Waals surface area contributed by atoms with Gasteiger partial charge in [0, 0.05) is 360 Å². The number of hydrogen-bond donors (Lipinski definition) is 0. The van der Waals surface area contributed by atoms with E-state index in [1.807, 2.05) is 213 Å². The number of rotatable bonds is 0. The Bertz CT molecular complexity index is 2400. The Balaban J connectivity index is 6.03. The summed E-state index contributed by atoms with van der Waals surface area (Å²) in [6.07, 6.45) is 0. The molecule has 0 saturated heterocycles. The van der Waals surface area contributed by atoms with Crippen molar-refractivity contribution < 1.29 is 0 Å². The molecule has 240 valence electrons. The lowest BCUT2D eigenvalue weighted by atomic mass is 30.7. The highest BCUT2D eigenvalue weighted by Gasteiger charge is 1.44. The second kappa shape index (κ2) is 47.8. The second-order valence-electron chi connectivity index (χ2n) is 2.59. The summed E-state index contributed by atoms with van der Waals surface area (Å²) in [6, 6.07) is 0. The van der Waals surface area contributed by atoms with Crippen LogP contribution in [0.3, 0.4) is 0 Å². The minimum Gasteiger partial charge on any atom is 0 e. The van der Waals surface area contributed by atoms with Crippen LogP contribution in [0.25, 0.3) is 0 Å². The summed E-state index contributed by atoms with van der Waals surface area (Å²) in [5.74, 6) is 0. The Morgan fingerprint density at radius 1 is 0.125 bits per heavy atom. The largest absolute Gasteiger partial charge is 0 e. The molecule has 0 atom stereocenters. The maximum atomic E-state index is 4.80. The highest BCUT2D eigenvalue weighted by Crippen LogP contribution is 1.44. The third kappa shape index (κ3) is 46.8.